The van der Waals surface area contributed by atoms with Gasteiger partial charge in [0.15, 0.2) is 29.4 Å². The highest BCUT2D eigenvalue weighted by Crippen LogP contribution is 2.20. The molecule has 0 saturated heterocycles. The van der Waals surface area contributed by atoms with E-state index in [1.54, 1.807) is 18.2 Å². The van der Waals surface area contributed by atoms with E-state index in [-0.39, 0.29) is 6.42 Å². The van der Waals surface area contributed by atoms with E-state index in [1.165, 1.54) is 6.39 Å². The number of fused-ring (bicyclic) bond motifs is 1. The number of hydrogen-bond donors (Lipinski definition) is 1. The molecule has 0 aliphatic carbocycles. The SMILES string of the molecule is O=C(Cc1ccc2ncoc2c1)Nc1ccc(F)c(F)c1F. The van der Waals surface area contributed by atoms with Crippen molar-refractivity contribution < 1.29 is 22.4 Å². The Morgan fingerprint density at radius 1 is 1.14 bits per heavy atom. The van der Waals surface area contributed by atoms with Gasteiger partial charge in [0.2, 0.25) is 5.91 Å². The second-order valence-corrected chi connectivity index (χ2v) is 4.60. The maximum atomic E-state index is 13.5. The molecule has 0 radical (unpaired) electrons. The van der Waals surface area contributed by atoms with Crippen LogP contribution in [0.4, 0.5) is 18.9 Å². The number of nitrogens with zero attached hydrogens (tertiary/aromatic N) is 1. The van der Waals surface area contributed by atoms with Gasteiger partial charge in [0, 0.05) is 0 Å². The number of carbonyl (C=O) groups is 1. The van der Waals surface area contributed by atoms with Crippen LogP contribution in [0.3, 0.4) is 0 Å². The zero-order valence-corrected chi connectivity index (χ0v) is 11.1. The molecule has 0 aliphatic rings. The van der Waals surface area contributed by atoms with Crippen molar-refractivity contribution in [2.45, 2.75) is 6.42 Å². The normalized spacial score (nSPS) is 10.9. The van der Waals surface area contributed by atoms with E-state index in [0.717, 1.165) is 12.1 Å². The minimum Gasteiger partial charge on any atom is -0.443 e. The largest absolute Gasteiger partial charge is 0.443 e. The highest BCUT2D eigenvalue weighted by atomic mass is 19.2. The third kappa shape index (κ3) is 2.65. The summed E-state index contributed by atoms with van der Waals surface area (Å²) in [7, 11) is 0. The number of halogens is 3. The van der Waals surface area contributed by atoms with E-state index in [2.05, 4.69) is 10.3 Å². The molecule has 0 saturated carbocycles. The van der Waals surface area contributed by atoms with Crippen LogP contribution in [0.5, 0.6) is 0 Å². The average molecular weight is 306 g/mol. The van der Waals surface area contributed by atoms with Gasteiger partial charge in [-0.1, -0.05) is 6.07 Å². The van der Waals surface area contributed by atoms with Crippen molar-refractivity contribution in [3.8, 4) is 0 Å². The van der Waals surface area contributed by atoms with Crippen LogP contribution < -0.4 is 5.32 Å². The monoisotopic (exact) mass is 306 g/mol. The summed E-state index contributed by atoms with van der Waals surface area (Å²) in [5.41, 5.74) is 1.37. The summed E-state index contributed by atoms with van der Waals surface area (Å²) >= 11 is 0. The Morgan fingerprint density at radius 2 is 1.95 bits per heavy atom. The van der Waals surface area contributed by atoms with Gasteiger partial charge in [-0.15, -0.1) is 0 Å². The Kier molecular flexibility index (Phi) is 3.54. The van der Waals surface area contributed by atoms with Crippen LogP contribution >= 0.6 is 0 Å². The van der Waals surface area contributed by atoms with Gasteiger partial charge < -0.3 is 9.73 Å². The lowest BCUT2D eigenvalue weighted by atomic mass is 10.1. The first-order chi connectivity index (χ1) is 10.5. The van der Waals surface area contributed by atoms with Crippen LogP contribution in [0.1, 0.15) is 5.56 Å². The predicted octanol–water partition coefficient (Wildman–Crippen LogP) is 3.43. The van der Waals surface area contributed by atoms with Crippen molar-refractivity contribution in [3.05, 3.63) is 59.7 Å². The third-order valence-corrected chi connectivity index (χ3v) is 3.07. The molecule has 0 spiro atoms. The van der Waals surface area contributed by atoms with E-state index >= 15 is 0 Å². The lowest BCUT2D eigenvalue weighted by Gasteiger charge is -2.07. The van der Waals surface area contributed by atoms with Gasteiger partial charge in [-0.25, -0.2) is 18.2 Å². The van der Waals surface area contributed by atoms with Gasteiger partial charge in [0.05, 0.1) is 12.1 Å². The highest BCUT2D eigenvalue weighted by molar-refractivity contribution is 5.92. The van der Waals surface area contributed by atoms with Crippen LogP contribution in [0.15, 0.2) is 41.1 Å². The molecule has 22 heavy (non-hydrogen) atoms. The lowest BCUT2D eigenvalue weighted by molar-refractivity contribution is -0.115. The van der Waals surface area contributed by atoms with Crippen LogP contribution in [0, 0.1) is 17.5 Å². The molecule has 1 aromatic heterocycles. The summed E-state index contributed by atoms with van der Waals surface area (Å²) < 4.78 is 44.5. The summed E-state index contributed by atoms with van der Waals surface area (Å²) in [6, 6.07) is 6.69. The first-order valence-electron chi connectivity index (χ1n) is 6.30. The fourth-order valence-corrected chi connectivity index (χ4v) is 2.01. The Bertz CT molecular complexity index is 861. The van der Waals surface area contributed by atoms with Crippen molar-refractivity contribution in [1.82, 2.24) is 4.98 Å². The summed E-state index contributed by atoms with van der Waals surface area (Å²) in [5.74, 6) is -4.94. The molecule has 7 heteroatoms. The van der Waals surface area contributed by atoms with Gasteiger partial charge >= 0.3 is 0 Å². The molecule has 1 heterocycles. The molecule has 4 nitrogen and oxygen atoms in total. The Balaban J connectivity index is 1.76. The van der Waals surface area contributed by atoms with E-state index in [1.807, 2.05) is 0 Å². The molecular weight excluding hydrogens is 297 g/mol. The number of benzene rings is 2. The smallest absolute Gasteiger partial charge is 0.228 e. The fourth-order valence-electron chi connectivity index (χ4n) is 2.01. The summed E-state index contributed by atoms with van der Waals surface area (Å²) in [5, 5.41) is 2.20. The van der Waals surface area contributed by atoms with Crippen molar-refractivity contribution >= 4 is 22.7 Å². The minimum atomic E-state index is -1.62. The molecule has 0 unspecified atom stereocenters. The molecule has 0 atom stereocenters. The topological polar surface area (TPSA) is 55.1 Å². The Labute approximate surface area is 122 Å². The van der Waals surface area contributed by atoms with Crippen molar-refractivity contribution in [2.24, 2.45) is 0 Å². The zero-order valence-electron chi connectivity index (χ0n) is 11.1. The van der Waals surface area contributed by atoms with Crippen molar-refractivity contribution in [1.29, 1.82) is 0 Å². The van der Waals surface area contributed by atoms with Crippen LogP contribution in [0.25, 0.3) is 11.1 Å². The van der Waals surface area contributed by atoms with Crippen molar-refractivity contribution in [2.75, 3.05) is 5.32 Å². The van der Waals surface area contributed by atoms with Gasteiger partial charge in [-0.2, -0.15) is 0 Å². The summed E-state index contributed by atoms with van der Waals surface area (Å²) in [6.45, 7) is 0. The number of hydrogen-bond acceptors (Lipinski definition) is 3. The van der Waals surface area contributed by atoms with Gasteiger partial charge in [-0.3, -0.25) is 4.79 Å². The maximum absolute atomic E-state index is 13.5. The molecular formula is C15H9F3N2O2. The molecule has 1 N–H and O–H groups in total. The lowest BCUT2D eigenvalue weighted by Crippen LogP contribution is -2.16. The number of oxazole rings is 1. The Hall–Kier alpha value is -2.83. The van der Waals surface area contributed by atoms with E-state index < -0.39 is 29.0 Å². The zero-order chi connectivity index (χ0) is 15.7. The number of aromatic nitrogens is 1. The average Bonchev–Trinajstić information content (AvgIpc) is 2.95. The first-order valence-corrected chi connectivity index (χ1v) is 6.30. The highest BCUT2D eigenvalue weighted by Gasteiger charge is 2.15. The van der Waals surface area contributed by atoms with Crippen molar-refractivity contribution in [3.63, 3.8) is 0 Å². The number of carbonyl (C=O) groups excluding carboxylic acids is 1. The van der Waals surface area contributed by atoms with Gasteiger partial charge in [0.25, 0.3) is 0 Å². The molecule has 2 aromatic carbocycles. The number of anilines is 1. The minimum absolute atomic E-state index is 0.0743. The summed E-state index contributed by atoms with van der Waals surface area (Å²) in [4.78, 5) is 15.8. The molecule has 1 amide bonds. The molecule has 3 rings (SSSR count). The van der Waals surface area contributed by atoms with Crippen LogP contribution in [0.2, 0.25) is 0 Å². The van der Waals surface area contributed by atoms with E-state index in [9.17, 15) is 18.0 Å². The second kappa shape index (κ2) is 5.51. The quantitative estimate of drug-likeness (QED) is 0.754. The van der Waals surface area contributed by atoms with Gasteiger partial charge in [0.1, 0.15) is 5.52 Å². The van der Waals surface area contributed by atoms with Crippen LogP contribution in [-0.2, 0) is 11.2 Å². The third-order valence-electron chi connectivity index (χ3n) is 3.07. The van der Waals surface area contributed by atoms with E-state index in [4.69, 9.17) is 4.42 Å². The fraction of sp³-hybridized carbons (Fsp3) is 0.0667. The standard InChI is InChI=1S/C15H9F3N2O2/c16-9-2-4-11(15(18)14(9)17)20-13(21)6-8-1-3-10-12(5-8)22-7-19-10/h1-5,7H,6H2,(H,20,21). The molecule has 3 aromatic rings. The molecule has 0 bridgehead atoms. The number of amides is 1. The molecule has 0 aliphatic heterocycles. The van der Waals surface area contributed by atoms with Gasteiger partial charge in [-0.05, 0) is 29.8 Å². The number of nitrogens with one attached hydrogen (secondary N) is 1. The van der Waals surface area contributed by atoms with E-state index in [0.29, 0.717) is 16.7 Å². The second-order valence-electron chi connectivity index (χ2n) is 4.60. The summed E-state index contributed by atoms with van der Waals surface area (Å²) in [6.07, 6.45) is 1.21. The molecule has 0 fully saturated rings. The molecule has 112 valence electrons. The van der Waals surface area contributed by atoms with Crippen LogP contribution in [-0.4, -0.2) is 10.9 Å². The first kappa shape index (κ1) is 14.1. The Morgan fingerprint density at radius 3 is 2.77 bits per heavy atom. The predicted molar refractivity (Wildman–Crippen MR) is 72.7 cm³/mol. The maximum Gasteiger partial charge on any atom is 0.228 e. The number of rotatable bonds is 3.